The Labute approximate surface area is 142 Å². The SMILES string of the molecule is CCOc1cc(C[NH+]2CCN(c3ccc(F)cc3)CC2)ccc1O. The summed E-state index contributed by atoms with van der Waals surface area (Å²) in [7, 11) is 0. The monoisotopic (exact) mass is 331 g/mol. The number of phenols is 1. The molecule has 0 saturated carbocycles. The number of hydrogen-bond acceptors (Lipinski definition) is 3. The smallest absolute Gasteiger partial charge is 0.161 e. The number of nitrogens with one attached hydrogen (secondary N) is 1. The first kappa shape index (κ1) is 16.6. The van der Waals surface area contributed by atoms with Crippen molar-refractivity contribution in [2.24, 2.45) is 0 Å². The van der Waals surface area contributed by atoms with Crippen molar-refractivity contribution in [1.82, 2.24) is 0 Å². The molecule has 1 saturated heterocycles. The summed E-state index contributed by atoms with van der Waals surface area (Å²) >= 11 is 0. The van der Waals surface area contributed by atoms with E-state index in [1.54, 1.807) is 6.07 Å². The van der Waals surface area contributed by atoms with Gasteiger partial charge in [0.25, 0.3) is 0 Å². The molecule has 0 aromatic heterocycles. The first-order chi connectivity index (χ1) is 11.7. The van der Waals surface area contributed by atoms with E-state index in [1.165, 1.54) is 22.6 Å². The number of benzene rings is 2. The zero-order valence-corrected chi connectivity index (χ0v) is 14.0. The van der Waals surface area contributed by atoms with Gasteiger partial charge in [-0.15, -0.1) is 0 Å². The molecule has 1 heterocycles. The number of quaternary nitrogens is 1. The minimum Gasteiger partial charge on any atom is -0.504 e. The van der Waals surface area contributed by atoms with E-state index >= 15 is 0 Å². The lowest BCUT2D eigenvalue weighted by molar-refractivity contribution is -0.914. The minimum absolute atomic E-state index is 0.191. The van der Waals surface area contributed by atoms with Crippen LogP contribution in [0.5, 0.6) is 11.5 Å². The molecular weight excluding hydrogens is 307 g/mol. The Hall–Kier alpha value is -2.27. The van der Waals surface area contributed by atoms with Crippen LogP contribution in [0.1, 0.15) is 12.5 Å². The number of ether oxygens (including phenoxy) is 1. The van der Waals surface area contributed by atoms with Crippen molar-refractivity contribution in [2.45, 2.75) is 13.5 Å². The summed E-state index contributed by atoms with van der Waals surface area (Å²) in [6.45, 7) is 7.34. The third-order valence-electron chi connectivity index (χ3n) is 4.44. The zero-order valence-electron chi connectivity index (χ0n) is 14.0. The lowest BCUT2D eigenvalue weighted by Gasteiger charge is -2.33. The van der Waals surface area contributed by atoms with Crippen molar-refractivity contribution >= 4 is 5.69 Å². The van der Waals surface area contributed by atoms with Gasteiger partial charge in [-0.3, -0.25) is 0 Å². The van der Waals surface area contributed by atoms with E-state index in [0.717, 1.165) is 38.4 Å². The Kier molecular flexibility index (Phi) is 5.20. The van der Waals surface area contributed by atoms with Crippen LogP contribution in [0.2, 0.25) is 0 Å². The summed E-state index contributed by atoms with van der Waals surface area (Å²) in [5.41, 5.74) is 2.25. The summed E-state index contributed by atoms with van der Waals surface area (Å²) in [4.78, 5) is 3.80. The summed E-state index contributed by atoms with van der Waals surface area (Å²) in [6, 6.07) is 12.3. The van der Waals surface area contributed by atoms with Crippen molar-refractivity contribution < 1.29 is 19.1 Å². The Morgan fingerprint density at radius 2 is 1.83 bits per heavy atom. The summed E-state index contributed by atoms with van der Waals surface area (Å²) in [5, 5.41) is 9.79. The Morgan fingerprint density at radius 3 is 2.50 bits per heavy atom. The van der Waals surface area contributed by atoms with Crippen LogP contribution in [0.4, 0.5) is 10.1 Å². The Balaban J connectivity index is 1.57. The quantitative estimate of drug-likeness (QED) is 0.878. The predicted octanol–water partition coefficient (Wildman–Crippen LogP) is 1.84. The normalized spacial score (nSPS) is 15.5. The van der Waals surface area contributed by atoms with Gasteiger partial charge in [-0.1, -0.05) is 0 Å². The lowest BCUT2D eigenvalue weighted by atomic mass is 10.1. The molecule has 0 atom stereocenters. The molecule has 0 spiro atoms. The molecule has 1 aliphatic rings. The lowest BCUT2D eigenvalue weighted by Crippen LogP contribution is -3.13. The second-order valence-corrected chi connectivity index (χ2v) is 6.13. The molecule has 24 heavy (non-hydrogen) atoms. The number of halogens is 1. The maximum atomic E-state index is 13.0. The highest BCUT2D eigenvalue weighted by atomic mass is 19.1. The van der Waals surface area contributed by atoms with Gasteiger partial charge in [0.05, 0.1) is 32.8 Å². The molecule has 1 aliphatic heterocycles. The maximum Gasteiger partial charge on any atom is 0.161 e. The summed E-state index contributed by atoms with van der Waals surface area (Å²) in [6.07, 6.45) is 0. The number of aromatic hydroxyl groups is 1. The number of hydrogen-bond donors (Lipinski definition) is 2. The van der Waals surface area contributed by atoms with Crippen molar-refractivity contribution in [3.05, 3.63) is 53.8 Å². The molecule has 0 amide bonds. The van der Waals surface area contributed by atoms with Crippen molar-refractivity contribution in [1.29, 1.82) is 0 Å². The number of anilines is 1. The van der Waals surface area contributed by atoms with Gasteiger partial charge in [-0.25, -0.2) is 4.39 Å². The van der Waals surface area contributed by atoms with Crippen molar-refractivity contribution in [2.75, 3.05) is 37.7 Å². The molecule has 128 valence electrons. The predicted molar refractivity (Wildman–Crippen MR) is 92.3 cm³/mol. The number of nitrogens with zero attached hydrogens (tertiary/aromatic N) is 1. The molecule has 4 nitrogen and oxygen atoms in total. The molecular formula is C19H24FN2O2+. The van der Waals surface area contributed by atoms with Crippen LogP contribution in [0.25, 0.3) is 0 Å². The summed E-state index contributed by atoms with van der Waals surface area (Å²) in [5.74, 6) is 0.552. The van der Waals surface area contributed by atoms with E-state index in [2.05, 4.69) is 4.90 Å². The van der Waals surface area contributed by atoms with Crippen LogP contribution >= 0.6 is 0 Å². The fourth-order valence-electron chi connectivity index (χ4n) is 3.14. The summed E-state index contributed by atoms with van der Waals surface area (Å²) < 4.78 is 18.5. The number of phenolic OH excluding ortho intramolecular Hbond substituents is 1. The molecule has 0 unspecified atom stereocenters. The van der Waals surface area contributed by atoms with Gasteiger partial charge in [0.2, 0.25) is 0 Å². The molecule has 2 N–H and O–H groups in total. The largest absolute Gasteiger partial charge is 0.504 e. The standard InChI is InChI=1S/C19H23FN2O2/c1-2-24-19-13-15(3-8-18(19)23)14-21-9-11-22(12-10-21)17-6-4-16(20)5-7-17/h3-8,13,23H,2,9-12,14H2,1H3/p+1. The van der Waals surface area contributed by atoms with Gasteiger partial charge in [-0.2, -0.15) is 0 Å². The third-order valence-corrected chi connectivity index (χ3v) is 4.44. The van der Waals surface area contributed by atoms with Gasteiger partial charge < -0.3 is 19.6 Å². The van der Waals surface area contributed by atoms with Crippen LogP contribution in [0.3, 0.4) is 0 Å². The molecule has 0 aliphatic carbocycles. The average Bonchev–Trinajstić information content (AvgIpc) is 2.60. The average molecular weight is 331 g/mol. The fraction of sp³-hybridized carbons (Fsp3) is 0.368. The highest BCUT2D eigenvalue weighted by Crippen LogP contribution is 2.26. The van der Waals surface area contributed by atoms with E-state index < -0.39 is 0 Å². The van der Waals surface area contributed by atoms with Crippen molar-refractivity contribution in [3.8, 4) is 11.5 Å². The molecule has 0 radical (unpaired) electrons. The molecule has 3 rings (SSSR count). The van der Waals surface area contributed by atoms with Gasteiger partial charge in [0.15, 0.2) is 11.5 Å². The van der Waals surface area contributed by atoms with Gasteiger partial charge in [0.1, 0.15) is 12.4 Å². The molecule has 1 fully saturated rings. The molecule has 2 aromatic rings. The Bertz CT molecular complexity index is 668. The van der Waals surface area contributed by atoms with Crippen molar-refractivity contribution in [3.63, 3.8) is 0 Å². The molecule has 5 heteroatoms. The van der Waals surface area contributed by atoms with Crippen LogP contribution < -0.4 is 14.5 Å². The minimum atomic E-state index is -0.194. The maximum absolute atomic E-state index is 13.0. The topological polar surface area (TPSA) is 37.1 Å². The molecule has 2 aromatic carbocycles. The Morgan fingerprint density at radius 1 is 1.12 bits per heavy atom. The van der Waals surface area contributed by atoms with Crippen LogP contribution in [-0.2, 0) is 6.54 Å². The van der Waals surface area contributed by atoms with Crippen LogP contribution in [0, 0.1) is 5.82 Å². The van der Waals surface area contributed by atoms with Crippen LogP contribution in [0.15, 0.2) is 42.5 Å². The second-order valence-electron chi connectivity index (χ2n) is 6.13. The highest BCUT2D eigenvalue weighted by molar-refractivity contribution is 5.46. The number of piperazine rings is 1. The van der Waals surface area contributed by atoms with E-state index in [-0.39, 0.29) is 11.6 Å². The second kappa shape index (κ2) is 7.53. The van der Waals surface area contributed by atoms with Crippen LogP contribution in [-0.4, -0.2) is 37.9 Å². The molecule has 0 bridgehead atoms. The van der Waals surface area contributed by atoms with E-state index in [4.69, 9.17) is 4.74 Å². The van der Waals surface area contributed by atoms with Gasteiger partial charge >= 0.3 is 0 Å². The zero-order chi connectivity index (χ0) is 16.9. The van der Waals surface area contributed by atoms with E-state index in [0.29, 0.717) is 12.4 Å². The van der Waals surface area contributed by atoms with E-state index in [1.807, 2.05) is 31.2 Å². The van der Waals surface area contributed by atoms with Gasteiger partial charge in [-0.05, 0) is 49.4 Å². The first-order valence-corrected chi connectivity index (χ1v) is 8.44. The third kappa shape index (κ3) is 3.97. The fourth-order valence-corrected chi connectivity index (χ4v) is 3.14. The highest BCUT2D eigenvalue weighted by Gasteiger charge is 2.20. The van der Waals surface area contributed by atoms with Gasteiger partial charge in [0, 0.05) is 11.3 Å². The first-order valence-electron chi connectivity index (χ1n) is 8.44. The van der Waals surface area contributed by atoms with E-state index in [9.17, 15) is 9.50 Å². The number of rotatable bonds is 5.